The minimum absolute atomic E-state index is 0.218. The molecule has 1 atom stereocenters. The molecule has 0 spiro atoms. The smallest absolute Gasteiger partial charge is 0.231 e. The number of carbonyl (C=O) groups is 1. The van der Waals surface area contributed by atoms with Crippen LogP contribution in [0.1, 0.15) is 24.8 Å². The molecular formula is C14H20N2O. The van der Waals surface area contributed by atoms with Gasteiger partial charge in [0.25, 0.3) is 0 Å². The van der Waals surface area contributed by atoms with Gasteiger partial charge in [-0.2, -0.15) is 0 Å². The molecular weight excluding hydrogens is 212 g/mol. The Balaban J connectivity index is 1.99. The predicted molar refractivity (Wildman–Crippen MR) is 68.6 cm³/mol. The standard InChI is InChI=1S/C14H20N2O/c15-14(17)11-16-9-5-4-8-13(16)10-12-6-2-1-3-7-12/h1-3,6-7,13H,4-5,8-11H2,(H2,15,17)/t13-/m0/s1. The van der Waals surface area contributed by atoms with E-state index in [1.165, 1.54) is 24.8 Å². The average molecular weight is 232 g/mol. The van der Waals surface area contributed by atoms with Gasteiger partial charge in [-0.15, -0.1) is 0 Å². The molecule has 3 nitrogen and oxygen atoms in total. The Morgan fingerprint density at radius 1 is 1.29 bits per heavy atom. The maximum absolute atomic E-state index is 11.0. The summed E-state index contributed by atoms with van der Waals surface area (Å²) in [5.74, 6) is -0.218. The second kappa shape index (κ2) is 5.82. The third-order valence-electron chi connectivity index (χ3n) is 3.42. The van der Waals surface area contributed by atoms with E-state index in [-0.39, 0.29) is 5.91 Å². The lowest BCUT2D eigenvalue weighted by atomic mass is 9.95. The number of hydrogen-bond donors (Lipinski definition) is 1. The van der Waals surface area contributed by atoms with E-state index >= 15 is 0 Å². The van der Waals surface area contributed by atoms with Crippen molar-refractivity contribution in [3.8, 4) is 0 Å². The van der Waals surface area contributed by atoms with Crippen LogP contribution in [-0.4, -0.2) is 29.9 Å². The fourth-order valence-electron chi connectivity index (χ4n) is 2.59. The number of likely N-dealkylation sites (tertiary alicyclic amines) is 1. The first-order valence-electron chi connectivity index (χ1n) is 6.32. The highest BCUT2D eigenvalue weighted by atomic mass is 16.1. The van der Waals surface area contributed by atoms with Crippen molar-refractivity contribution in [1.29, 1.82) is 0 Å². The number of carbonyl (C=O) groups excluding carboxylic acids is 1. The van der Waals surface area contributed by atoms with Crippen LogP contribution in [0.3, 0.4) is 0 Å². The van der Waals surface area contributed by atoms with Crippen LogP contribution in [-0.2, 0) is 11.2 Å². The first-order valence-corrected chi connectivity index (χ1v) is 6.32. The molecule has 17 heavy (non-hydrogen) atoms. The van der Waals surface area contributed by atoms with Gasteiger partial charge in [0.1, 0.15) is 0 Å². The van der Waals surface area contributed by atoms with Crippen molar-refractivity contribution in [1.82, 2.24) is 4.90 Å². The number of amides is 1. The lowest BCUT2D eigenvalue weighted by Crippen LogP contribution is -2.45. The zero-order chi connectivity index (χ0) is 12.1. The Hall–Kier alpha value is -1.35. The maximum atomic E-state index is 11.0. The number of primary amides is 1. The molecule has 1 saturated heterocycles. The molecule has 0 radical (unpaired) electrons. The molecule has 2 rings (SSSR count). The van der Waals surface area contributed by atoms with Gasteiger partial charge in [-0.3, -0.25) is 9.69 Å². The predicted octanol–water partition coefficient (Wildman–Crippen LogP) is 1.57. The van der Waals surface area contributed by atoms with Crippen molar-refractivity contribution in [2.75, 3.05) is 13.1 Å². The van der Waals surface area contributed by atoms with Gasteiger partial charge in [0, 0.05) is 6.04 Å². The van der Waals surface area contributed by atoms with Crippen LogP contribution in [0.25, 0.3) is 0 Å². The topological polar surface area (TPSA) is 46.3 Å². The summed E-state index contributed by atoms with van der Waals surface area (Å²) in [4.78, 5) is 13.3. The molecule has 0 aromatic heterocycles. The Labute approximate surface area is 103 Å². The third-order valence-corrected chi connectivity index (χ3v) is 3.42. The normalized spacial score (nSPS) is 21.3. The summed E-state index contributed by atoms with van der Waals surface area (Å²) in [7, 11) is 0. The number of rotatable bonds is 4. The van der Waals surface area contributed by atoms with Crippen molar-refractivity contribution in [3.05, 3.63) is 35.9 Å². The van der Waals surface area contributed by atoms with Crippen LogP contribution < -0.4 is 5.73 Å². The van der Waals surface area contributed by atoms with E-state index in [4.69, 9.17) is 5.73 Å². The van der Waals surface area contributed by atoms with E-state index in [1.54, 1.807) is 0 Å². The van der Waals surface area contributed by atoms with Gasteiger partial charge in [0.05, 0.1) is 6.54 Å². The monoisotopic (exact) mass is 232 g/mol. The Morgan fingerprint density at radius 3 is 2.76 bits per heavy atom. The molecule has 0 bridgehead atoms. The second-order valence-electron chi connectivity index (χ2n) is 4.78. The molecule has 1 aromatic rings. The molecule has 2 N–H and O–H groups in total. The Morgan fingerprint density at radius 2 is 2.06 bits per heavy atom. The van der Waals surface area contributed by atoms with E-state index in [9.17, 15) is 4.79 Å². The van der Waals surface area contributed by atoms with E-state index in [0.717, 1.165) is 13.0 Å². The minimum atomic E-state index is -0.218. The third kappa shape index (κ3) is 3.56. The Kier molecular flexibility index (Phi) is 4.15. The first-order chi connectivity index (χ1) is 8.25. The van der Waals surface area contributed by atoms with Crippen molar-refractivity contribution < 1.29 is 4.79 Å². The van der Waals surface area contributed by atoms with Gasteiger partial charge >= 0.3 is 0 Å². The highest BCUT2D eigenvalue weighted by molar-refractivity contribution is 5.76. The summed E-state index contributed by atoms with van der Waals surface area (Å²) in [6, 6.07) is 10.9. The fraction of sp³-hybridized carbons (Fsp3) is 0.500. The van der Waals surface area contributed by atoms with E-state index in [2.05, 4.69) is 29.2 Å². The van der Waals surface area contributed by atoms with Crippen LogP contribution in [0.5, 0.6) is 0 Å². The molecule has 3 heteroatoms. The van der Waals surface area contributed by atoms with Gasteiger partial charge in [0.2, 0.25) is 5.91 Å². The maximum Gasteiger partial charge on any atom is 0.231 e. The molecule has 1 aliphatic rings. The van der Waals surface area contributed by atoms with Crippen LogP contribution >= 0.6 is 0 Å². The van der Waals surface area contributed by atoms with Crippen molar-refractivity contribution in [2.24, 2.45) is 5.73 Å². The number of nitrogens with zero attached hydrogens (tertiary/aromatic N) is 1. The quantitative estimate of drug-likeness (QED) is 0.856. The van der Waals surface area contributed by atoms with Crippen LogP contribution in [0.2, 0.25) is 0 Å². The Bertz CT molecular complexity index is 364. The molecule has 0 aliphatic carbocycles. The molecule has 1 amide bonds. The van der Waals surface area contributed by atoms with Gasteiger partial charge in [0.15, 0.2) is 0 Å². The summed E-state index contributed by atoms with van der Waals surface area (Å²) in [5.41, 5.74) is 6.64. The lowest BCUT2D eigenvalue weighted by Gasteiger charge is -2.34. The van der Waals surface area contributed by atoms with E-state index < -0.39 is 0 Å². The molecule has 1 aliphatic heterocycles. The number of piperidine rings is 1. The van der Waals surface area contributed by atoms with Crippen LogP contribution in [0, 0.1) is 0 Å². The summed E-state index contributed by atoms with van der Waals surface area (Å²) in [6.07, 6.45) is 4.63. The summed E-state index contributed by atoms with van der Waals surface area (Å²) in [5, 5.41) is 0. The SMILES string of the molecule is NC(=O)CN1CCCC[C@H]1Cc1ccccc1. The minimum Gasteiger partial charge on any atom is -0.369 e. The first kappa shape index (κ1) is 12.1. The highest BCUT2D eigenvalue weighted by Crippen LogP contribution is 2.20. The lowest BCUT2D eigenvalue weighted by molar-refractivity contribution is -0.120. The molecule has 1 fully saturated rings. The summed E-state index contributed by atoms with van der Waals surface area (Å²) >= 11 is 0. The molecule has 0 unspecified atom stereocenters. The van der Waals surface area contributed by atoms with Crippen LogP contribution in [0.4, 0.5) is 0 Å². The van der Waals surface area contributed by atoms with Crippen molar-refractivity contribution >= 4 is 5.91 Å². The largest absolute Gasteiger partial charge is 0.369 e. The average Bonchev–Trinajstić information content (AvgIpc) is 2.32. The van der Waals surface area contributed by atoms with Gasteiger partial charge in [-0.25, -0.2) is 0 Å². The fourth-order valence-corrected chi connectivity index (χ4v) is 2.59. The zero-order valence-corrected chi connectivity index (χ0v) is 10.1. The van der Waals surface area contributed by atoms with Gasteiger partial charge in [-0.1, -0.05) is 36.8 Å². The zero-order valence-electron chi connectivity index (χ0n) is 10.1. The molecule has 1 aromatic carbocycles. The number of nitrogens with two attached hydrogens (primary N) is 1. The molecule has 92 valence electrons. The number of hydrogen-bond acceptors (Lipinski definition) is 2. The van der Waals surface area contributed by atoms with Crippen molar-refractivity contribution in [3.63, 3.8) is 0 Å². The van der Waals surface area contributed by atoms with Gasteiger partial charge in [-0.05, 0) is 31.4 Å². The number of benzene rings is 1. The van der Waals surface area contributed by atoms with Crippen LogP contribution in [0.15, 0.2) is 30.3 Å². The van der Waals surface area contributed by atoms with Crippen molar-refractivity contribution in [2.45, 2.75) is 31.7 Å². The second-order valence-corrected chi connectivity index (χ2v) is 4.78. The molecule has 0 saturated carbocycles. The summed E-state index contributed by atoms with van der Waals surface area (Å²) < 4.78 is 0. The highest BCUT2D eigenvalue weighted by Gasteiger charge is 2.23. The molecule has 1 heterocycles. The summed E-state index contributed by atoms with van der Waals surface area (Å²) in [6.45, 7) is 1.40. The van der Waals surface area contributed by atoms with Gasteiger partial charge < -0.3 is 5.73 Å². The van der Waals surface area contributed by atoms with E-state index in [1.807, 2.05) is 6.07 Å². The van der Waals surface area contributed by atoms with E-state index in [0.29, 0.717) is 12.6 Å².